The fraction of sp³-hybridized carbons (Fsp3) is 0.214. The van der Waals surface area contributed by atoms with Crippen molar-refractivity contribution in [2.45, 2.75) is 19.4 Å². The Morgan fingerprint density at radius 1 is 1.33 bits per heavy atom. The van der Waals surface area contributed by atoms with Crippen LogP contribution in [-0.4, -0.2) is 14.5 Å². The minimum absolute atomic E-state index is 0.0407. The van der Waals surface area contributed by atoms with Gasteiger partial charge in [0.25, 0.3) is 5.56 Å². The van der Waals surface area contributed by atoms with E-state index >= 15 is 0 Å². The predicted molar refractivity (Wildman–Crippen MR) is 80.4 cm³/mol. The second kappa shape index (κ2) is 4.61. The Morgan fingerprint density at radius 2 is 2.19 bits per heavy atom. The maximum absolute atomic E-state index is 13.2. The Labute approximate surface area is 127 Å². The first-order chi connectivity index (χ1) is 10.1. The zero-order chi connectivity index (χ0) is 14.6. The van der Waals surface area contributed by atoms with Crippen molar-refractivity contribution in [3.05, 3.63) is 45.2 Å². The second-order valence-corrected chi connectivity index (χ2v) is 6.27. The maximum Gasteiger partial charge on any atom is 0.280 e. The van der Waals surface area contributed by atoms with Crippen molar-refractivity contribution in [3.8, 4) is 10.6 Å². The van der Waals surface area contributed by atoms with Gasteiger partial charge in [-0.15, -0.1) is 0 Å². The molecule has 0 spiro atoms. The van der Waals surface area contributed by atoms with Gasteiger partial charge >= 0.3 is 0 Å². The van der Waals surface area contributed by atoms with Crippen LogP contribution in [0.5, 0.6) is 0 Å². The van der Waals surface area contributed by atoms with E-state index in [-0.39, 0.29) is 10.6 Å². The third kappa shape index (κ3) is 1.98. The van der Waals surface area contributed by atoms with Gasteiger partial charge in [0.15, 0.2) is 10.3 Å². The van der Waals surface area contributed by atoms with Crippen LogP contribution in [0.15, 0.2) is 23.0 Å². The van der Waals surface area contributed by atoms with Crippen molar-refractivity contribution in [1.29, 1.82) is 0 Å². The van der Waals surface area contributed by atoms with Crippen LogP contribution in [0.2, 0.25) is 5.02 Å². The molecule has 0 amide bonds. The second-order valence-electron chi connectivity index (χ2n) is 4.89. The summed E-state index contributed by atoms with van der Waals surface area (Å²) in [7, 11) is 0. The lowest BCUT2D eigenvalue weighted by atomic mass is 10.2. The van der Waals surface area contributed by atoms with E-state index in [4.69, 9.17) is 11.6 Å². The smallest absolute Gasteiger partial charge is 0.280 e. The molecule has 0 fully saturated rings. The molecule has 0 atom stereocenters. The summed E-state index contributed by atoms with van der Waals surface area (Å²) in [4.78, 5) is 21.9. The normalized spacial score (nSPS) is 13.8. The standard InChI is InChI=1S/C14H9ClFN3OS/c15-8-6-7(3-4-9(8)16)12-18-11-13(21-12)17-10-2-1-5-19(10)14(11)20/h3-4,6H,1-2,5H2. The molecule has 0 N–H and O–H groups in total. The minimum atomic E-state index is -0.473. The number of fused-ring (bicyclic) bond motifs is 2. The Hall–Kier alpha value is -1.79. The summed E-state index contributed by atoms with van der Waals surface area (Å²) in [6.45, 7) is 0.701. The van der Waals surface area contributed by atoms with Crippen LogP contribution in [0.4, 0.5) is 4.39 Å². The molecule has 4 nitrogen and oxygen atoms in total. The zero-order valence-electron chi connectivity index (χ0n) is 10.8. The van der Waals surface area contributed by atoms with Crippen LogP contribution in [-0.2, 0) is 13.0 Å². The van der Waals surface area contributed by atoms with Crippen molar-refractivity contribution in [1.82, 2.24) is 14.5 Å². The lowest BCUT2D eigenvalue weighted by Crippen LogP contribution is -2.20. The minimum Gasteiger partial charge on any atom is -0.295 e. The van der Waals surface area contributed by atoms with Crippen LogP contribution in [0, 0.1) is 5.82 Å². The highest BCUT2D eigenvalue weighted by molar-refractivity contribution is 7.21. The van der Waals surface area contributed by atoms with E-state index in [1.807, 2.05) is 0 Å². The lowest BCUT2D eigenvalue weighted by Gasteiger charge is -1.99. The quantitative estimate of drug-likeness (QED) is 0.691. The third-order valence-electron chi connectivity index (χ3n) is 3.55. The van der Waals surface area contributed by atoms with Crippen molar-refractivity contribution in [3.63, 3.8) is 0 Å². The SMILES string of the molecule is O=c1c2nc(-c3ccc(F)c(Cl)c3)sc2nc2n1CCC2. The van der Waals surface area contributed by atoms with Gasteiger partial charge in [-0.2, -0.15) is 0 Å². The van der Waals surface area contributed by atoms with Crippen molar-refractivity contribution < 1.29 is 4.39 Å². The van der Waals surface area contributed by atoms with Gasteiger partial charge < -0.3 is 0 Å². The third-order valence-corrected chi connectivity index (χ3v) is 4.84. The molecule has 21 heavy (non-hydrogen) atoms. The number of hydrogen-bond donors (Lipinski definition) is 0. The van der Waals surface area contributed by atoms with Gasteiger partial charge in [0.1, 0.15) is 16.6 Å². The fourth-order valence-electron chi connectivity index (χ4n) is 2.52. The summed E-state index contributed by atoms with van der Waals surface area (Å²) in [6.07, 6.45) is 1.76. The molecule has 0 saturated heterocycles. The molecule has 4 rings (SSSR count). The Bertz CT molecular complexity index is 934. The molecule has 1 aliphatic rings. The Morgan fingerprint density at radius 3 is 3.00 bits per heavy atom. The van der Waals surface area contributed by atoms with E-state index in [1.54, 1.807) is 10.6 Å². The summed E-state index contributed by atoms with van der Waals surface area (Å²) in [5.74, 6) is 0.346. The van der Waals surface area contributed by atoms with Gasteiger partial charge in [-0.05, 0) is 24.6 Å². The van der Waals surface area contributed by atoms with Crippen molar-refractivity contribution in [2.75, 3.05) is 0 Å². The number of rotatable bonds is 1. The molecule has 0 aliphatic carbocycles. The molecule has 1 aromatic carbocycles. The molecule has 0 saturated carbocycles. The number of nitrogens with zero attached hydrogens (tertiary/aromatic N) is 3. The number of halogens is 2. The molecule has 2 aromatic heterocycles. The zero-order valence-corrected chi connectivity index (χ0v) is 12.3. The number of aromatic nitrogens is 3. The van der Waals surface area contributed by atoms with E-state index < -0.39 is 5.82 Å². The Balaban J connectivity index is 1.93. The van der Waals surface area contributed by atoms with Gasteiger partial charge in [0.05, 0.1) is 5.02 Å². The molecule has 0 bridgehead atoms. The van der Waals surface area contributed by atoms with Crippen LogP contribution in [0.25, 0.3) is 20.9 Å². The highest BCUT2D eigenvalue weighted by atomic mass is 35.5. The van der Waals surface area contributed by atoms with E-state index in [0.29, 0.717) is 27.5 Å². The average Bonchev–Trinajstić information content (AvgIpc) is 3.09. The van der Waals surface area contributed by atoms with Gasteiger partial charge in [-0.1, -0.05) is 22.9 Å². The predicted octanol–water partition coefficient (Wildman–Crippen LogP) is 3.26. The highest BCUT2D eigenvalue weighted by Crippen LogP contribution is 2.30. The largest absolute Gasteiger partial charge is 0.295 e. The number of aryl methyl sites for hydroxylation is 1. The van der Waals surface area contributed by atoms with Gasteiger partial charge in [-0.25, -0.2) is 14.4 Å². The van der Waals surface area contributed by atoms with E-state index in [9.17, 15) is 9.18 Å². The molecule has 106 valence electrons. The van der Waals surface area contributed by atoms with Gasteiger partial charge in [-0.3, -0.25) is 9.36 Å². The molecule has 7 heteroatoms. The summed E-state index contributed by atoms with van der Waals surface area (Å²) < 4.78 is 14.9. The molecule has 0 unspecified atom stereocenters. The highest BCUT2D eigenvalue weighted by Gasteiger charge is 2.19. The molecule has 3 heterocycles. The molecule has 3 aromatic rings. The van der Waals surface area contributed by atoms with E-state index in [0.717, 1.165) is 18.7 Å². The van der Waals surface area contributed by atoms with Crippen molar-refractivity contribution >= 4 is 33.3 Å². The first-order valence-electron chi connectivity index (χ1n) is 6.49. The van der Waals surface area contributed by atoms with Crippen LogP contribution in [0.3, 0.4) is 0 Å². The Kier molecular flexibility index (Phi) is 2.83. The first-order valence-corrected chi connectivity index (χ1v) is 7.68. The lowest BCUT2D eigenvalue weighted by molar-refractivity contribution is 0.628. The maximum atomic E-state index is 13.2. The summed E-state index contributed by atoms with van der Waals surface area (Å²) in [6, 6.07) is 4.41. The first kappa shape index (κ1) is 12.9. The monoisotopic (exact) mass is 321 g/mol. The number of hydrogen-bond acceptors (Lipinski definition) is 4. The number of benzene rings is 1. The molecular weight excluding hydrogens is 313 g/mol. The fourth-order valence-corrected chi connectivity index (χ4v) is 3.65. The molecular formula is C14H9ClFN3OS. The number of thiazole rings is 1. The summed E-state index contributed by atoms with van der Waals surface area (Å²) in [5, 5.41) is 0.666. The van der Waals surface area contributed by atoms with E-state index in [2.05, 4.69) is 9.97 Å². The molecule has 0 radical (unpaired) electrons. The van der Waals surface area contributed by atoms with Crippen LogP contribution < -0.4 is 5.56 Å². The van der Waals surface area contributed by atoms with Crippen molar-refractivity contribution in [2.24, 2.45) is 0 Å². The summed E-state index contributed by atoms with van der Waals surface area (Å²) in [5.41, 5.74) is 0.971. The van der Waals surface area contributed by atoms with Gasteiger partial charge in [0.2, 0.25) is 0 Å². The van der Waals surface area contributed by atoms with Crippen LogP contribution >= 0.6 is 22.9 Å². The van der Waals surface area contributed by atoms with E-state index in [1.165, 1.54) is 23.5 Å². The molecule has 1 aliphatic heterocycles. The topological polar surface area (TPSA) is 47.8 Å². The van der Waals surface area contributed by atoms with Gasteiger partial charge in [0, 0.05) is 18.5 Å². The summed E-state index contributed by atoms with van der Waals surface area (Å²) >= 11 is 7.12. The van der Waals surface area contributed by atoms with Crippen LogP contribution in [0.1, 0.15) is 12.2 Å². The average molecular weight is 322 g/mol.